The topological polar surface area (TPSA) is 70.1 Å². The fourth-order valence-corrected chi connectivity index (χ4v) is 3.85. The highest BCUT2D eigenvalue weighted by molar-refractivity contribution is 7.99. The second kappa shape index (κ2) is 9.94. The SMILES string of the molecule is Cc1ccc(SCCC(=O)N2CCOC(CN(C)CC(=O)O)C2)cc1C. The second-order valence-electron chi connectivity index (χ2n) is 6.77. The molecule has 0 bridgehead atoms. The maximum Gasteiger partial charge on any atom is 0.317 e. The molecule has 0 saturated carbocycles. The molecular weight excluding hydrogens is 352 g/mol. The second-order valence-corrected chi connectivity index (χ2v) is 7.94. The number of benzene rings is 1. The molecule has 1 aliphatic heterocycles. The number of carbonyl (C=O) groups excluding carboxylic acids is 1. The van der Waals surface area contributed by atoms with Gasteiger partial charge in [0.1, 0.15) is 0 Å². The summed E-state index contributed by atoms with van der Waals surface area (Å²) in [4.78, 5) is 27.9. The summed E-state index contributed by atoms with van der Waals surface area (Å²) >= 11 is 1.70. The van der Waals surface area contributed by atoms with Crippen molar-refractivity contribution in [1.82, 2.24) is 9.80 Å². The highest BCUT2D eigenvalue weighted by Gasteiger charge is 2.25. The van der Waals surface area contributed by atoms with Crippen LogP contribution in [0.15, 0.2) is 23.1 Å². The van der Waals surface area contributed by atoms with Gasteiger partial charge in [-0.05, 0) is 44.2 Å². The molecule has 2 rings (SSSR count). The van der Waals surface area contributed by atoms with E-state index in [1.165, 1.54) is 16.0 Å². The average Bonchev–Trinajstić information content (AvgIpc) is 2.57. The maximum atomic E-state index is 12.5. The van der Waals surface area contributed by atoms with Crippen LogP contribution in [0.2, 0.25) is 0 Å². The number of carboxylic acid groups (broad SMARTS) is 1. The molecule has 0 aliphatic carbocycles. The molecule has 1 aliphatic rings. The quantitative estimate of drug-likeness (QED) is 0.696. The minimum atomic E-state index is -0.861. The molecule has 144 valence electrons. The first-order valence-corrected chi connectivity index (χ1v) is 9.83. The third-order valence-corrected chi connectivity index (χ3v) is 5.47. The van der Waals surface area contributed by atoms with Crippen molar-refractivity contribution < 1.29 is 19.4 Å². The van der Waals surface area contributed by atoms with Gasteiger partial charge in [0.2, 0.25) is 5.91 Å². The first-order valence-electron chi connectivity index (χ1n) is 8.85. The van der Waals surface area contributed by atoms with Crippen LogP contribution < -0.4 is 0 Å². The average molecular weight is 381 g/mol. The van der Waals surface area contributed by atoms with Crippen LogP contribution >= 0.6 is 11.8 Å². The smallest absolute Gasteiger partial charge is 0.317 e. The Balaban J connectivity index is 1.75. The highest BCUT2D eigenvalue weighted by Crippen LogP contribution is 2.22. The van der Waals surface area contributed by atoms with Gasteiger partial charge in [-0.1, -0.05) is 6.07 Å². The van der Waals surface area contributed by atoms with Gasteiger partial charge in [-0.25, -0.2) is 0 Å². The summed E-state index contributed by atoms with van der Waals surface area (Å²) in [6.07, 6.45) is 0.361. The number of likely N-dealkylation sites (N-methyl/N-ethyl adjacent to an activating group) is 1. The van der Waals surface area contributed by atoms with Gasteiger partial charge in [0.15, 0.2) is 0 Å². The molecule has 1 heterocycles. The Morgan fingerprint density at radius 2 is 2.12 bits per heavy atom. The van der Waals surface area contributed by atoms with Crippen molar-refractivity contribution in [3.05, 3.63) is 29.3 Å². The first kappa shape index (κ1) is 20.7. The van der Waals surface area contributed by atoms with Gasteiger partial charge in [-0.3, -0.25) is 14.5 Å². The number of thioether (sulfide) groups is 1. The van der Waals surface area contributed by atoms with Gasteiger partial charge in [0.25, 0.3) is 0 Å². The van der Waals surface area contributed by atoms with Gasteiger partial charge >= 0.3 is 5.97 Å². The van der Waals surface area contributed by atoms with E-state index in [9.17, 15) is 9.59 Å². The van der Waals surface area contributed by atoms with Gasteiger partial charge < -0.3 is 14.7 Å². The molecule has 1 unspecified atom stereocenters. The van der Waals surface area contributed by atoms with Crippen molar-refractivity contribution in [2.45, 2.75) is 31.3 Å². The fraction of sp³-hybridized carbons (Fsp3) is 0.579. The molecule has 1 aromatic rings. The number of carbonyl (C=O) groups is 2. The molecule has 6 nitrogen and oxygen atoms in total. The van der Waals surface area contributed by atoms with Crippen LogP contribution in [0.4, 0.5) is 0 Å². The summed E-state index contributed by atoms with van der Waals surface area (Å²) < 4.78 is 5.68. The summed E-state index contributed by atoms with van der Waals surface area (Å²) in [5, 5.41) is 8.83. The Morgan fingerprint density at radius 3 is 2.81 bits per heavy atom. The molecule has 1 atom stereocenters. The predicted molar refractivity (Wildman–Crippen MR) is 103 cm³/mol. The van der Waals surface area contributed by atoms with Crippen molar-refractivity contribution in [3.63, 3.8) is 0 Å². The normalized spacial score (nSPS) is 17.5. The summed E-state index contributed by atoms with van der Waals surface area (Å²) in [5.41, 5.74) is 2.54. The van der Waals surface area contributed by atoms with E-state index >= 15 is 0 Å². The number of ether oxygens (including phenoxy) is 1. The number of morpholine rings is 1. The third-order valence-electron chi connectivity index (χ3n) is 4.48. The van der Waals surface area contributed by atoms with Gasteiger partial charge in [-0.15, -0.1) is 11.8 Å². The Bertz CT molecular complexity index is 638. The molecule has 26 heavy (non-hydrogen) atoms. The zero-order valence-corrected chi connectivity index (χ0v) is 16.6. The molecule has 0 radical (unpaired) electrons. The first-order chi connectivity index (χ1) is 12.3. The van der Waals surface area contributed by atoms with Crippen LogP contribution in [0.5, 0.6) is 0 Å². The van der Waals surface area contributed by atoms with E-state index < -0.39 is 5.97 Å². The van der Waals surface area contributed by atoms with Crippen LogP contribution in [0.1, 0.15) is 17.5 Å². The Hall–Kier alpha value is -1.57. The lowest BCUT2D eigenvalue weighted by atomic mass is 10.1. The standard InChI is InChI=1S/C19H28N2O4S/c1-14-4-5-17(10-15(14)2)26-9-6-18(22)21-7-8-25-16(12-21)11-20(3)13-19(23)24/h4-5,10,16H,6-9,11-13H2,1-3H3,(H,23,24). The van der Waals surface area contributed by atoms with Gasteiger partial charge in [-0.2, -0.15) is 0 Å². The Kier molecular flexibility index (Phi) is 7.93. The predicted octanol–water partition coefficient (Wildman–Crippen LogP) is 2.03. The molecule has 7 heteroatoms. The molecule has 1 amide bonds. The van der Waals surface area contributed by atoms with E-state index in [0.717, 1.165) is 5.75 Å². The number of aliphatic carboxylic acids is 1. The van der Waals surface area contributed by atoms with Crippen LogP contribution in [-0.2, 0) is 14.3 Å². The van der Waals surface area contributed by atoms with Crippen molar-refractivity contribution in [3.8, 4) is 0 Å². The zero-order valence-electron chi connectivity index (χ0n) is 15.7. The van der Waals surface area contributed by atoms with Gasteiger partial charge in [0.05, 0.1) is 19.3 Å². The number of hydrogen-bond donors (Lipinski definition) is 1. The highest BCUT2D eigenvalue weighted by atomic mass is 32.2. The third kappa shape index (κ3) is 6.63. The monoisotopic (exact) mass is 380 g/mol. The van der Waals surface area contributed by atoms with Crippen LogP contribution in [0.25, 0.3) is 0 Å². The molecule has 1 N–H and O–H groups in total. The van der Waals surface area contributed by atoms with E-state index in [4.69, 9.17) is 9.84 Å². The molecule has 1 fully saturated rings. The summed E-state index contributed by atoms with van der Waals surface area (Å²) in [6, 6.07) is 6.37. The summed E-state index contributed by atoms with van der Waals surface area (Å²) in [7, 11) is 1.75. The number of nitrogens with zero attached hydrogens (tertiary/aromatic N) is 2. The number of rotatable bonds is 8. The minimum Gasteiger partial charge on any atom is -0.480 e. The van der Waals surface area contributed by atoms with E-state index in [-0.39, 0.29) is 18.6 Å². The summed E-state index contributed by atoms with van der Waals surface area (Å²) in [5.74, 6) is 0.0255. The maximum absolute atomic E-state index is 12.5. The van der Waals surface area contributed by atoms with Crippen molar-refractivity contribution >= 4 is 23.6 Å². The molecular formula is C19H28N2O4S. The van der Waals surface area contributed by atoms with Gasteiger partial charge in [0, 0.05) is 36.7 Å². The number of aryl methyl sites for hydroxylation is 2. The number of carboxylic acids is 1. The van der Waals surface area contributed by atoms with Crippen molar-refractivity contribution in [2.24, 2.45) is 0 Å². The zero-order chi connectivity index (χ0) is 19.1. The minimum absolute atomic E-state index is 0.0274. The lowest BCUT2D eigenvalue weighted by Gasteiger charge is -2.34. The lowest BCUT2D eigenvalue weighted by Crippen LogP contribution is -2.49. The molecule has 1 aromatic carbocycles. The van der Waals surface area contributed by atoms with Crippen LogP contribution in [0, 0.1) is 13.8 Å². The van der Waals surface area contributed by atoms with E-state index in [2.05, 4.69) is 32.0 Å². The van der Waals surface area contributed by atoms with E-state index in [0.29, 0.717) is 32.7 Å². The fourth-order valence-electron chi connectivity index (χ4n) is 2.92. The number of hydrogen-bond acceptors (Lipinski definition) is 5. The van der Waals surface area contributed by atoms with E-state index in [1.807, 2.05) is 4.90 Å². The lowest BCUT2D eigenvalue weighted by molar-refractivity contribution is -0.142. The van der Waals surface area contributed by atoms with Crippen LogP contribution in [-0.4, -0.2) is 78.5 Å². The molecule has 0 aromatic heterocycles. The molecule has 0 spiro atoms. The Labute approximate surface area is 159 Å². The molecule has 1 saturated heterocycles. The Morgan fingerprint density at radius 1 is 1.35 bits per heavy atom. The number of amides is 1. The van der Waals surface area contributed by atoms with Crippen molar-refractivity contribution in [2.75, 3.05) is 45.6 Å². The van der Waals surface area contributed by atoms with Crippen molar-refractivity contribution in [1.29, 1.82) is 0 Å². The van der Waals surface area contributed by atoms with E-state index in [1.54, 1.807) is 23.7 Å². The summed E-state index contributed by atoms with van der Waals surface area (Å²) in [6.45, 7) is 6.30. The van der Waals surface area contributed by atoms with Crippen LogP contribution in [0.3, 0.4) is 0 Å². The largest absolute Gasteiger partial charge is 0.480 e.